The van der Waals surface area contributed by atoms with Gasteiger partial charge in [0.25, 0.3) is 0 Å². The van der Waals surface area contributed by atoms with Crippen molar-refractivity contribution in [1.82, 2.24) is 4.90 Å². The minimum Gasteiger partial charge on any atom is -0.490 e. The fraction of sp³-hybridized carbons (Fsp3) is 0.444. The van der Waals surface area contributed by atoms with Crippen molar-refractivity contribution in [2.24, 2.45) is 0 Å². The van der Waals surface area contributed by atoms with Crippen LogP contribution < -0.4 is 14.4 Å². The summed E-state index contributed by atoms with van der Waals surface area (Å²) >= 11 is 0. The van der Waals surface area contributed by atoms with E-state index in [1.165, 1.54) is 12.1 Å². The van der Waals surface area contributed by atoms with Gasteiger partial charge in [-0.3, -0.25) is 14.4 Å². The molecule has 27 heavy (non-hydrogen) atoms. The lowest BCUT2D eigenvalue weighted by molar-refractivity contribution is -0.146. The van der Waals surface area contributed by atoms with Gasteiger partial charge in [-0.2, -0.15) is 0 Å². The normalized spacial score (nSPS) is 14.0. The molecule has 4 amide bonds. The standard InChI is InChI=1S/C18H22N2O7/c1-4-8-26-13-7-6-12(10-14(13)27-9-5-2)20-17(23)16(22)19(18(20)24)11-15(21)25-3/h6-7,10H,4-5,8-9,11H2,1-3H3. The van der Waals surface area contributed by atoms with Crippen molar-refractivity contribution in [3.05, 3.63) is 18.2 Å². The molecule has 0 bridgehead atoms. The Hall–Kier alpha value is -3.10. The number of benzene rings is 1. The molecule has 0 unspecified atom stereocenters. The molecule has 0 spiro atoms. The van der Waals surface area contributed by atoms with Gasteiger partial charge in [0.1, 0.15) is 6.54 Å². The lowest BCUT2D eigenvalue weighted by Gasteiger charge is -2.18. The Balaban J connectivity index is 2.32. The molecular weight excluding hydrogens is 356 g/mol. The second-order valence-corrected chi connectivity index (χ2v) is 5.72. The predicted octanol–water partition coefficient (Wildman–Crippen LogP) is 1.73. The average Bonchev–Trinajstić information content (AvgIpc) is 2.88. The first-order chi connectivity index (χ1) is 12.9. The van der Waals surface area contributed by atoms with Crippen molar-refractivity contribution in [2.45, 2.75) is 26.7 Å². The smallest absolute Gasteiger partial charge is 0.339 e. The minimum atomic E-state index is -1.09. The van der Waals surface area contributed by atoms with Crippen LogP contribution in [0, 0.1) is 0 Å². The van der Waals surface area contributed by atoms with E-state index in [-0.39, 0.29) is 5.69 Å². The zero-order chi connectivity index (χ0) is 20.0. The Morgan fingerprint density at radius 3 is 2.19 bits per heavy atom. The number of urea groups is 1. The molecule has 0 saturated carbocycles. The largest absolute Gasteiger partial charge is 0.490 e. The Morgan fingerprint density at radius 1 is 0.963 bits per heavy atom. The Morgan fingerprint density at radius 2 is 1.59 bits per heavy atom. The molecule has 1 fully saturated rings. The number of nitrogens with zero attached hydrogens (tertiary/aromatic N) is 2. The molecule has 0 aliphatic carbocycles. The van der Waals surface area contributed by atoms with E-state index in [0.29, 0.717) is 34.5 Å². The number of rotatable bonds is 9. The maximum atomic E-state index is 12.5. The second kappa shape index (κ2) is 9.02. The highest BCUT2D eigenvalue weighted by molar-refractivity contribution is 6.53. The molecule has 1 saturated heterocycles. The van der Waals surface area contributed by atoms with Gasteiger partial charge in [-0.15, -0.1) is 0 Å². The van der Waals surface area contributed by atoms with Crippen LogP contribution in [0.15, 0.2) is 18.2 Å². The first-order valence-electron chi connectivity index (χ1n) is 8.60. The minimum absolute atomic E-state index is 0.153. The van der Waals surface area contributed by atoms with Crippen LogP contribution in [-0.2, 0) is 19.1 Å². The summed E-state index contributed by atoms with van der Waals surface area (Å²) in [5.74, 6) is -2.10. The lowest BCUT2D eigenvalue weighted by Crippen LogP contribution is -2.37. The van der Waals surface area contributed by atoms with Crippen LogP contribution in [-0.4, -0.2) is 55.6 Å². The summed E-state index contributed by atoms with van der Waals surface area (Å²) in [4.78, 5) is 49.5. The van der Waals surface area contributed by atoms with Gasteiger partial charge in [-0.05, 0) is 25.0 Å². The van der Waals surface area contributed by atoms with Crippen molar-refractivity contribution in [3.63, 3.8) is 0 Å². The molecule has 146 valence electrons. The number of carbonyl (C=O) groups excluding carboxylic acids is 4. The van der Waals surface area contributed by atoms with Gasteiger partial charge in [0, 0.05) is 6.07 Å². The summed E-state index contributed by atoms with van der Waals surface area (Å²) in [5.41, 5.74) is 0.153. The van der Waals surface area contributed by atoms with Gasteiger partial charge in [-0.1, -0.05) is 13.8 Å². The third-order valence-corrected chi connectivity index (χ3v) is 3.68. The highest BCUT2D eigenvalue weighted by atomic mass is 16.5. The van der Waals surface area contributed by atoms with E-state index in [2.05, 4.69) is 4.74 Å². The number of imide groups is 2. The number of anilines is 1. The highest BCUT2D eigenvalue weighted by Gasteiger charge is 2.46. The Labute approximate surface area is 156 Å². The molecule has 0 atom stereocenters. The van der Waals surface area contributed by atoms with Gasteiger partial charge >= 0.3 is 23.8 Å². The van der Waals surface area contributed by atoms with Crippen LogP contribution in [0.4, 0.5) is 10.5 Å². The van der Waals surface area contributed by atoms with Gasteiger partial charge in [0.15, 0.2) is 11.5 Å². The first-order valence-corrected chi connectivity index (χ1v) is 8.60. The number of esters is 1. The summed E-state index contributed by atoms with van der Waals surface area (Å²) < 4.78 is 15.7. The molecule has 0 N–H and O–H groups in total. The van der Waals surface area contributed by atoms with Gasteiger partial charge < -0.3 is 14.2 Å². The Kier molecular flexibility index (Phi) is 6.75. The number of hydrogen-bond donors (Lipinski definition) is 0. The highest BCUT2D eigenvalue weighted by Crippen LogP contribution is 2.34. The van der Waals surface area contributed by atoms with Crippen molar-refractivity contribution in [3.8, 4) is 11.5 Å². The van der Waals surface area contributed by atoms with Crippen LogP contribution in [0.3, 0.4) is 0 Å². The number of ether oxygens (including phenoxy) is 3. The number of carbonyl (C=O) groups is 4. The summed E-state index contributed by atoms with van der Waals surface area (Å²) in [5, 5.41) is 0. The topological polar surface area (TPSA) is 102 Å². The fourth-order valence-electron chi connectivity index (χ4n) is 2.36. The van der Waals surface area contributed by atoms with Crippen molar-refractivity contribution in [2.75, 3.05) is 31.8 Å². The molecule has 1 aliphatic heterocycles. The molecule has 0 radical (unpaired) electrons. The summed E-state index contributed by atoms with van der Waals surface area (Å²) in [6.45, 7) is 4.17. The van der Waals surface area contributed by atoms with Gasteiger partial charge in [0.2, 0.25) is 0 Å². The summed E-state index contributed by atoms with van der Waals surface area (Å²) in [7, 11) is 1.12. The summed E-state index contributed by atoms with van der Waals surface area (Å²) in [6.07, 6.45) is 1.56. The van der Waals surface area contributed by atoms with Crippen molar-refractivity contribution < 1.29 is 33.4 Å². The second-order valence-electron chi connectivity index (χ2n) is 5.72. The molecule has 9 nitrogen and oxygen atoms in total. The zero-order valence-corrected chi connectivity index (χ0v) is 15.5. The molecule has 1 aliphatic rings. The molecular formula is C18H22N2O7. The van der Waals surface area contributed by atoms with E-state index >= 15 is 0 Å². The SMILES string of the molecule is CCCOc1ccc(N2C(=O)C(=O)N(CC(=O)OC)C2=O)cc1OCCC. The average molecular weight is 378 g/mol. The van der Waals surface area contributed by atoms with Crippen LogP contribution in [0.5, 0.6) is 11.5 Å². The maximum absolute atomic E-state index is 12.5. The molecule has 1 aromatic carbocycles. The maximum Gasteiger partial charge on any atom is 0.339 e. The summed E-state index contributed by atoms with van der Waals surface area (Å²) in [6, 6.07) is 3.60. The van der Waals surface area contributed by atoms with E-state index in [0.717, 1.165) is 20.0 Å². The number of amides is 4. The zero-order valence-electron chi connectivity index (χ0n) is 15.5. The number of hydrogen-bond acceptors (Lipinski definition) is 7. The third kappa shape index (κ3) is 4.36. The Bertz CT molecular complexity index is 747. The molecule has 1 aromatic rings. The quantitative estimate of drug-likeness (QED) is 0.366. The number of methoxy groups -OCH3 is 1. The molecule has 1 heterocycles. The van der Waals surface area contributed by atoms with Gasteiger partial charge in [-0.25, -0.2) is 14.6 Å². The van der Waals surface area contributed by atoms with Gasteiger partial charge in [0.05, 0.1) is 26.0 Å². The lowest BCUT2D eigenvalue weighted by atomic mass is 10.2. The van der Waals surface area contributed by atoms with Crippen molar-refractivity contribution >= 4 is 29.5 Å². The third-order valence-electron chi connectivity index (χ3n) is 3.68. The van der Waals surface area contributed by atoms with Crippen molar-refractivity contribution in [1.29, 1.82) is 0 Å². The molecule has 0 aromatic heterocycles. The molecule has 9 heteroatoms. The molecule has 2 rings (SSSR count). The van der Waals surface area contributed by atoms with Crippen LogP contribution in [0.25, 0.3) is 0 Å². The van der Waals surface area contributed by atoms with E-state index in [4.69, 9.17) is 9.47 Å². The first kappa shape index (κ1) is 20.2. The predicted molar refractivity (Wildman–Crippen MR) is 94.6 cm³/mol. The van der Waals surface area contributed by atoms with E-state index in [1.54, 1.807) is 6.07 Å². The fourth-order valence-corrected chi connectivity index (χ4v) is 2.36. The van der Waals surface area contributed by atoms with Crippen LogP contribution in [0.1, 0.15) is 26.7 Å². The van der Waals surface area contributed by atoms with E-state index in [1.807, 2.05) is 13.8 Å². The van der Waals surface area contributed by atoms with Crippen LogP contribution in [0.2, 0.25) is 0 Å². The van der Waals surface area contributed by atoms with Crippen LogP contribution >= 0.6 is 0 Å². The monoisotopic (exact) mass is 378 g/mol. The van der Waals surface area contributed by atoms with E-state index < -0.39 is 30.4 Å². The van der Waals surface area contributed by atoms with E-state index in [9.17, 15) is 19.2 Å².